The average molecular weight is 457 g/mol. The van der Waals surface area contributed by atoms with E-state index in [0.717, 1.165) is 12.8 Å². The molecule has 6 nitrogen and oxygen atoms in total. The minimum Gasteiger partial charge on any atom is -0.381 e. The van der Waals surface area contributed by atoms with Crippen LogP contribution in [0.15, 0.2) is 42.7 Å². The van der Waals surface area contributed by atoms with E-state index in [9.17, 15) is 13.6 Å². The van der Waals surface area contributed by atoms with E-state index >= 15 is 0 Å². The monoisotopic (exact) mass is 456 g/mol. The zero-order valence-corrected chi connectivity index (χ0v) is 17.7. The number of hydrogen-bond donors (Lipinski definition) is 1. The van der Waals surface area contributed by atoms with E-state index in [0.29, 0.717) is 36.8 Å². The Labute approximate surface area is 188 Å². The molecule has 1 saturated heterocycles. The van der Waals surface area contributed by atoms with Crippen LogP contribution in [0.25, 0.3) is 0 Å². The molecule has 164 valence electrons. The van der Waals surface area contributed by atoms with Crippen LogP contribution in [0.5, 0.6) is 0 Å². The van der Waals surface area contributed by atoms with Gasteiger partial charge in [-0.25, -0.2) is 13.8 Å². The Morgan fingerprint density at radius 1 is 1.16 bits per heavy atom. The Hall–Kier alpha value is -3.28. The highest BCUT2D eigenvalue weighted by Crippen LogP contribution is 2.22. The Bertz CT molecular complexity index is 1180. The summed E-state index contributed by atoms with van der Waals surface area (Å²) < 4.78 is 34.4. The largest absolute Gasteiger partial charge is 0.381 e. The van der Waals surface area contributed by atoms with Crippen molar-refractivity contribution in [1.82, 2.24) is 14.8 Å². The van der Waals surface area contributed by atoms with Crippen molar-refractivity contribution >= 4 is 23.3 Å². The van der Waals surface area contributed by atoms with Gasteiger partial charge in [0.2, 0.25) is 0 Å². The molecule has 1 fully saturated rings. The van der Waals surface area contributed by atoms with Crippen molar-refractivity contribution in [1.29, 1.82) is 0 Å². The van der Waals surface area contributed by atoms with Gasteiger partial charge in [-0.1, -0.05) is 23.4 Å². The maximum absolute atomic E-state index is 14.5. The highest BCUT2D eigenvalue weighted by atomic mass is 35.5. The second kappa shape index (κ2) is 9.90. The SMILES string of the molecule is O=C(Nc1ncc(C#Cc2ccc(F)cc2)cc1F)c1c(Cl)cnn1CC1CCOCC1. The minimum atomic E-state index is -0.740. The topological polar surface area (TPSA) is 69.0 Å². The molecule has 32 heavy (non-hydrogen) atoms. The standard InChI is InChI=1S/C23H19ClF2N4O2/c24-19-13-28-30(14-16-7-9-32-10-8-16)21(19)23(31)29-22-20(26)11-17(12-27-22)2-1-15-3-5-18(25)6-4-15/h3-6,11-13,16H,7-10,14H2,(H,27,29,31). The van der Waals surface area contributed by atoms with Gasteiger partial charge in [-0.05, 0) is 49.1 Å². The zero-order chi connectivity index (χ0) is 22.5. The summed E-state index contributed by atoms with van der Waals surface area (Å²) in [6.45, 7) is 1.87. The molecule has 0 aliphatic carbocycles. The lowest BCUT2D eigenvalue weighted by atomic mass is 10.0. The number of amides is 1. The average Bonchev–Trinajstić information content (AvgIpc) is 3.15. The molecule has 2 aromatic heterocycles. The first-order chi connectivity index (χ1) is 15.5. The summed E-state index contributed by atoms with van der Waals surface area (Å²) in [5.74, 6) is 3.94. The van der Waals surface area contributed by atoms with E-state index < -0.39 is 11.7 Å². The molecule has 3 aromatic rings. The number of rotatable bonds is 4. The van der Waals surface area contributed by atoms with Crippen LogP contribution in [0.2, 0.25) is 5.02 Å². The van der Waals surface area contributed by atoms with Gasteiger partial charge in [0.25, 0.3) is 5.91 Å². The maximum atomic E-state index is 14.5. The number of ether oxygens (including phenoxy) is 1. The fraction of sp³-hybridized carbons (Fsp3) is 0.261. The van der Waals surface area contributed by atoms with Crippen molar-refractivity contribution in [3.8, 4) is 11.8 Å². The van der Waals surface area contributed by atoms with Gasteiger partial charge in [0, 0.05) is 37.1 Å². The number of carbonyl (C=O) groups excluding carboxylic acids is 1. The van der Waals surface area contributed by atoms with E-state index in [2.05, 4.69) is 27.2 Å². The lowest BCUT2D eigenvalue weighted by molar-refractivity contribution is 0.0598. The van der Waals surface area contributed by atoms with Crippen LogP contribution in [0.1, 0.15) is 34.5 Å². The Morgan fingerprint density at radius 2 is 1.88 bits per heavy atom. The molecule has 1 aliphatic heterocycles. The molecular weight excluding hydrogens is 438 g/mol. The molecule has 0 radical (unpaired) electrons. The molecule has 1 amide bonds. The zero-order valence-electron chi connectivity index (χ0n) is 16.9. The molecule has 0 spiro atoms. The number of halogens is 3. The molecule has 1 N–H and O–H groups in total. The number of carbonyl (C=O) groups is 1. The van der Waals surface area contributed by atoms with Crippen molar-refractivity contribution in [2.75, 3.05) is 18.5 Å². The van der Waals surface area contributed by atoms with Gasteiger partial charge >= 0.3 is 0 Å². The van der Waals surface area contributed by atoms with E-state index in [1.807, 2.05) is 0 Å². The first kappa shape index (κ1) is 21.9. The number of benzene rings is 1. The first-order valence-electron chi connectivity index (χ1n) is 10.0. The Balaban J connectivity index is 1.47. The summed E-state index contributed by atoms with van der Waals surface area (Å²) in [5, 5.41) is 6.83. The molecule has 0 atom stereocenters. The van der Waals surface area contributed by atoms with Crippen molar-refractivity contribution < 1.29 is 18.3 Å². The third-order valence-corrected chi connectivity index (χ3v) is 5.33. The molecule has 0 saturated carbocycles. The highest BCUT2D eigenvalue weighted by Gasteiger charge is 2.23. The van der Waals surface area contributed by atoms with E-state index in [1.54, 1.807) is 0 Å². The van der Waals surface area contributed by atoms with E-state index in [-0.39, 0.29) is 22.4 Å². The van der Waals surface area contributed by atoms with Crippen LogP contribution in [0.3, 0.4) is 0 Å². The predicted molar refractivity (Wildman–Crippen MR) is 115 cm³/mol. The first-order valence-corrected chi connectivity index (χ1v) is 10.4. The van der Waals surface area contributed by atoms with Crippen LogP contribution < -0.4 is 5.32 Å². The normalized spacial score (nSPS) is 14.0. The van der Waals surface area contributed by atoms with E-state index in [1.165, 1.54) is 47.4 Å². The fourth-order valence-corrected chi connectivity index (χ4v) is 3.57. The second-order valence-corrected chi connectivity index (χ2v) is 7.75. The highest BCUT2D eigenvalue weighted by molar-refractivity contribution is 6.34. The van der Waals surface area contributed by atoms with Gasteiger partial charge in [0.15, 0.2) is 11.6 Å². The summed E-state index contributed by atoms with van der Waals surface area (Å²) in [4.78, 5) is 16.8. The molecule has 3 heterocycles. The minimum absolute atomic E-state index is 0.152. The third-order valence-electron chi connectivity index (χ3n) is 5.05. The molecule has 9 heteroatoms. The molecule has 1 aliphatic rings. The summed E-state index contributed by atoms with van der Waals surface area (Å²) in [6, 6.07) is 6.79. The van der Waals surface area contributed by atoms with Crippen molar-refractivity contribution in [3.05, 3.63) is 76.2 Å². The summed E-state index contributed by atoms with van der Waals surface area (Å²) in [5.41, 5.74) is 1.04. The summed E-state index contributed by atoms with van der Waals surface area (Å²) >= 11 is 6.17. The second-order valence-electron chi connectivity index (χ2n) is 7.34. The van der Waals surface area contributed by atoms with Crippen molar-refractivity contribution in [3.63, 3.8) is 0 Å². The molecule has 4 rings (SSSR count). The molecular formula is C23H19ClF2N4O2. The third kappa shape index (κ3) is 5.31. The van der Waals surface area contributed by atoms with E-state index in [4.69, 9.17) is 16.3 Å². The summed E-state index contributed by atoms with van der Waals surface area (Å²) in [7, 11) is 0. The predicted octanol–water partition coefficient (Wildman–Crippen LogP) is 4.29. The number of aromatic nitrogens is 3. The lowest BCUT2D eigenvalue weighted by Gasteiger charge is -2.22. The fourth-order valence-electron chi connectivity index (χ4n) is 3.34. The van der Waals surface area contributed by atoms with Crippen molar-refractivity contribution in [2.24, 2.45) is 5.92 Å². The van der Waals surface area contributed by atoms with Gasteiger partial charge in [-0.15, -0.1) is 0 Å². The quantitative estimate of drug-likeness (QED) is 0.595. The maximum Gasteiger partial charge on any atom is 0.276 e. The van der Waals surface area contributed by atoms with Gasteiger partial charge < -0.3 is 10.1 Å². The number of nitrogens with zero attached hydrogens (tertiary/aromatic N) is 3. The number of nitrogens with one attached hydrogen (secondary N) is 1. The van der Waals surface area contributed by atoms with Gasteiger partial charge in [-0.2, -0.15) is 5.10 Å². The van der Waals surface area contributed by atoms with Crippen molar-refractivity contribution in [2.45, 2.75) is 19.4 Å². The number of anilines is 1. The molecule has 1 aromatic carbocycles. The smallest absolute Gasteiger partial charge is 0.276 e. The van der Waals surface area contributed by atoms with Crippen LogP contribution in [0.4, 0.5) is 14.6 Å². The van der Waals surface area contributed by atoms with Crippen LogP contribution in [0, 0.1) is 29.4 Å². The molecule has 0 bridgehead atoms. The van der Waals surface area contributed by atoms with Crippen LogP contribution in [-0.4, -0.2) is 33.9 Å². The van der Waals surface area contributed by atoms with Gasteiger partial charge in [0.1, 0.15) is 11.5 Å². The molecule has 0 unspecified atom stereocenters. The van der Waals surface area contributed by atoms with Crippen LogP contribution in [-0.2, 0) is 11.3 Å². The van der Waals surface area contributed by atoms with Gasteiger partial charge in [-0.3, -0.25) is 9.48 Å². The number of hydrogen-bond acceptors (Lipinski definition) is 4. The Kier molecular flexibility index (Phi) is 6.78. The van der Waals surface area contributed by atoms with Crippen LogP contribution >= 0.6 is 11.6 Å². The Morgan fingerprint density at radius 3 is 2.59 bits per heavy atom. The number of pyridine rings is 1. The summed E-state index contributed by atoms with van der Waals surface area (Å²) in [6.07, 6.45) is 4.48. The lowest BCUT2D eigenvalue weighted by Crippen LogP contribution is -2.25. The van der Waals surface area contributed by atoms with Gasteiger partial charge in [0.05, 0.1) is 11.2 Å².